The highest BCUT2D eigenvalue weighted by molar-refractivity contribution is 6.28. The zero-order chi connectivity index (χ0) is 12.5. The lowest BCUT2D eigenvalue weighted by atomic mass is 10.2. The highest BCUT2D eigenvalue weighted by atomic mass is 35.5. The molecule has 0 N–H and O–H groups in total. The molecule has 0 amide bonds. The van der Waals surface area contributed by atoms with Gasteiger partial charge in [0.05, 0.1) is 0 Å². The second kappa shape index (κ2) is 9.48. The van der Waals surface area contributed by atoms with Gasteiger partial charge >= 0.3 is 0 Å². The molecule has 100 valence electrons. The first kappa shape index (κ1) is 16.4. The number of benzene rings is 1. The van der Waals surface area contributed by atoms with Crippen molar-refractivity contribution in [3.05, 3.63) is 35.9 Å². The first-order valence-corrected chi connectivity index (χ1v) is 5.65. The van der Waals surface area contributed by atoms with E-state index in [2.05, 4.69) is 10.1 Å². The number of rotatable bonds is 5. The SMILES string of the molecule is CCN=C(/C=N/OCc1ccccc1)N(C)C.Cl. The van der Waals surface area contributed by atoms with E-state index in [1.807, 2.05) is 56.3 Å². The van der Waals surface area contributed by atoms with Crippen molar-refractivity contribution in [1.82, 2.24) is 4.90 Å². The summed E-state index contributed by atoms with van der Waals surface area (Å²) in [6, 6.07) is 9.94. The second-order valence-electron chi connectivity index (χ2n) is 3.72. The van der Waals surface area contributed by atoms with Crippen LogP contribution in [0.15, 0.2) is 40.5 Å². The summed E-state index contributed by atoms with van der Waals surface area (Å²) >= 11 is 0. The van der Waals surface area contributed by atoms with E-state index in [-0.39, 0.29) is 12.4 Å². The third-order valence-electron chi connectivity index (χ3n) is 2.10. The van der Waals surface area contributed by atoms with Gasteiger partial charge in [-0.05, 0) is 12.5 Å². The van der Waals surface area contributed by atoms with Crippen molar-refractivity contribution in [2.45, 2.75) is 13.5 Å². The molecule has 0 heterocycles. The lowest BCUT2D eigenvalue weighted by Gasteiger charge is -2.10. The Morgan fingerprint density at radius 1 is 1.28 bits per heavy atom. The lowest BCUT2D eigenvalue weighted by Crippen LogP contribution is -2.23. The molecule has 1 rings (SSSR count). The van der Waals surface area contributed by atoms with Crippen LogP contribution in [0, 0.1) is 0 Å². The number of nitrogens with zero attached hydrogens (tertiary/aromatic N) is 3. The van der Waals surface area contributed by atoms with Gasteiger partial charge in [-0.25, -0.2) is 0 Å². The van der Waals surface area contributed by atoms with E-state index in [0.29, 0.717) is 6.61 Å². The maximum absolute atomic E-state index is 5.21. The molecule has 0 aliphatic carbocycles. The van der Waals surface area contributed by atoms with E-state index in [1.54, 1.807) is 6.21 Å². The molecular weight excluding hydrogens is 250 g/mol. The van der Waals surface area contributed by atoms with Gasteiger partial charge in [-0.3, -0.25) is 4.99 Å². The van der Waals surface area contributed by atoms with Crippen molar-refractivity contribution >= 4 is 24.5 Å². The standard InChI is InChI=1S/C13H19N3O.ClH/c1-4-14-13(16(2)3)10-15-17-11-12-8-6-5-7-9-12;/h5-10H,4,11H2,1-3H3;1H/b14-13?,15-10+;. The van der Waals surface area contributed by atoms with E-state index < -0.39 is 0 Å². The molecule has 5 heteroatoms. The summed E-state index contributed by atoms with van der Waals surface area (Å²) in [5.74, 6) is 0.806. The second-order valence-corrected chi connectivity index (χ2v) is 3.72. The van der Waals surface area contributed by atoms with Gasteiger partial charge in [0.25, 0.3) is 0 Å². The molecule has 0 unspecified atom stereocenters. The van der Waals surface area contributed by atoms with Crippen molar-refractivity contribution in [1.29, 1.82) is 0 Å². The van der Waals surface area contributed by atoms with Crippen LogP contribution in [0.1, 0.15) is 12.5 Å². The Labute approximate surface area is 115 Å². The molecule has 0 spiro atoms. The van der Waals surface area contributed by atoms with E-state index in [9.17, 15) is 0 Å². The topological polar surface area (TPSA) is 37.2 Å². The number of oxime groups is 1. The summed E-state index contributed by atoms with van der Waals surface area (Å²) < 4.78 is 0. The van der Waals surface area contributed by atoms with Gasteiger partial charge in [0, 0.05) is 20.6 Å². The minimum absolute atomic E-state index is 0. The van der Waals surface area contributed by atoms with Crippen LogP contribution in [0.3, 0.4) is 0 Å². The van der Waals surface area contributed by atoms with Crippen LogP contribution in [-0.4, -0.2) is 37.6 Å². The van der Waals surface area contributed by atoms with E-state index in [0.717, 1.165) is 17.9 Å². The first-order valence-electron chi connectivity index (χ1n) is 5.65. The van der Waals surface area contributed by atoms with Gasteiger partial charge in [-0.1, -0.05) is 35.5 Å². The predicted octanol–water partition coefficient (Wildman–Crippen LogP) is 2.59. The molecule has 0 atom stereocenters. The maximum atomic E-state index is 5.21. The normalized spacial score (nSPS) is 11.2. The molecule has 1 aromatic rings. The average molecular weight is 270 g/mol. The molecule has 0 saturated carbocycles. The third kappa shape index (κ3) is 6.25. The summed E-state index contributed by atoms with van der Waals surface area (Å²) in [5.41, 5.74) is 1.10. The maximum Gasteiger partial charge on any atom is 0.145 e. The Morgan fingerprint density at radius 3 is 2.50 bits per heavy atom. The summed E-state index contributed by atoms with van der Waals surface area (Å²) in [4.78, 5) is 11.4. The van der Waals surface area contributed by atoms with E-state index >= 15 is 0 Å². The number of hydrogen-bond donors (Lipinski definition) is 0. The zero-order valence-corrected chi connectivity index (χ0v) is 11.9. The molecule has 0 radical (unpaired) electrons. The Hall–Kier alpha value is -1.55. The molecule has 0 saturated heterocycles. The summed E-state index contributed by atoms with van der Waals surface area (Å²) in [6.45, 7) is 3.20. The molecule has 18 heavy (non-hydrogen) atoms. The molecule has 0 fully saturated rings. The highest BCUT2D eigenvalue weighted by Gasteiger charge is 1.96. The van der Waals surface area contributed by atoms with Crippen LogP contribution in [-0.2, 0) is 11.4 Å². The summed E-state index contributed by atoms with van der Waals surface area (Å²) in [7, 11) is 3.86. The quantitative estimate of drug-likeness (QED) is 0.468. The van der Waals surface area contributed by atoms with Crippen LogP contribution < -0.4 is 0 Å². The molecule has 0 aromatic heterocycles. The van der Waals surface area contributed by atoms with Crippen molar-refractivity contribution in [3.63, 3.8) is 0 Å². The van der Waals surface area contributed by atoms with Gasteiger partial charge < -0.3 is 9.74 Å². The van der Waals surface area contributed by atoms with Crippen molar-refractivity contribution in [2.24, 2.45) is 10.1 Å². The lowest BCUT2D eigenvalue weighted by molar-refractivity contribution is 0.132. The number of amidine groups is 1. The van der Waals surface area contributed by atoms with Gasteiger partial charge in [-0.15, -0.1) is 12.4 Å². The Morgan fingerprint density at radius 2 is 1.94 bits per heavy atom. The number of hydrogen-bond acceptors (Lipinski definition) is 3. The van der Waals surface area contributed by atoms with E-state index in [1.165, 1.54) is 0 Å². The van der Waals surface area contributed by atoms with Crippen molar-refractivity contribution < 1.29 is 4.84 Å². The fourth-order valence-electron chi connectivity index (χ4n) is 1.23. The predicted molar refractivity (Wildman–Crippen MR) is 78.6 cm³/mol. The fraction of sp³-hybridized carbons (Fsp3) is 0.385. The summed E-state index contributed by atoms with van der Waals surface area (Å²) in [6.07, 6.45) is 1.63. The van der Waals surface area contributed by atoms with Gasteiger partial charge in [0.15, 0.2) is 0 Å². The highest BCUT2D eigenvalue weighted by Crippen LogP contribution is 2.00. The van der Waals surface area contributed by atoms with Crippen molar-refractivity contribution in [2.75, 3.05) is 20.6 Å². The third-order valence-corrected chi connectivity index (χ3v) is 2.10. The number of halogens is 1. The summed E-state index contributed by atoms with van der Waals surface area (Å²) in [5, 5.41) is 3.91. The Balaban J connectivity index is 0.00000289. The fourth-order valence-corrected chi connectivity index (χ4v) is 1.23. The molecular formula is C13H20ClN3O. The van der Waals surface area contributed by atoms with Crippen molar-refractivity contribution in [3.8, 4) is 0 Å². The minimum atomic E-state index is 0. The van der Waals surface area contributed by atoms with Crippen LogP contribution in [0.4, 0.5) is 0 Å². The molecule has 1 aromatic carbocycles. The molecule has 0 aliphatic rings. The minimum Gasteiger partial charge on any atom is -0.391 e. The first-order chi connectivity index (χ1) is 8.24. The van der Waals surface area contributed by atoms with Gasteiger partial charge in [0.1, 0.15) is 18.7 Å². The average Bonchev–Trinajstić information content (AvgIpc) is 2.34. The molecule has 4 nitrogen and oxygen atoms in total. The molecule has 0 aliphatic heterocycles. The van der Waals surface area contributed by atoms with Crippen LogP contribution in [0.25, 0.3) is 0 Å². The Kier molecular flexibility index (Phi) is 8.66. The van der Waals surface area contributed by atoms with Crippen LogP contribution in [0.5, 0.6) is 0 Å². The Bertz CT molecular complexity index is 377. The molecule has 0 bridgehead atoms. The van der Waals surface area contributed by atoms with Crippen LogP contribution >= 0.6 is 12.4 Å². The van der Waals surface area contributed by atoms with E-state index in [4.69, 9.17) is 4.84 Å². The van der Waals surface area contributed by atoms with Gasteiger partial charge in [-0.2, -0.15) is 0 Å². The largest absolute Gasteiger partial charge is 0.391 e. The van der Waals surface area contributed by atoms with Gasteiger partial charge in [0.2, 0.25) is 0 Å². The smallest absolute Gasteiger partial charge is 0.145 e. The zero-order valence-electron chi connectivity index (χ0n) is 11.0. The monoisotopic (exact) mass is 269 g/mol. The number of aliphatic imine (C=N–C) groups is 1. The van der Waals surface area contributed by atoms with Crippen LogP contribution in [0.2, 0.25) is 0 Å².